The first-order chi connectivity index (χ1) is 14.4. The van der Waals surface area contributed by atoms with E-state index in [4.69, 9.17) is 0 Å². The number of nitrogens with zero attached hydrogens (tertiary/aromatic N) is 2. The quantitative estimate of drug-likeness (QED) is 0.562. The molecule has 7 nitrogen and oxygen atoms in total. The number of hydrogen-bond donors (Lipinski definition) is 1. The van der Waals surface area contributed by atoms with Gasteiger partial charge in [0.1, 0.15) is 10.3 Å². The number of anilines is 1. The Labute approximate surface area is 182 Å². The molecule has 0 radical (unpaired) electrons. The van der Waals surface area contributed by atoms with Gasteiger partial charge in [-0.2, -0.15) is 4.31 Å². The standard InChI is InChI=1S/C20H19N3O4S3/c1-13(24)18-17(14-7-3-2-4-8-14)21-20(29-18)22-19(25)15-9-5-11-23(15)30(26,27)16-10-6-12-28-16/h2-4,6-8,10,12,15H,5,9,11H2,1H3,(H,21,22,25)/t15-/m0/s1. The first-order valence-corrected chi connectivity index (χ1v) is 12.4. The molecule has 2 aromatic heterocycles. The van der Waals surface area contributed by atoms with Crippen LogP contribution in [-0.4, -0.2) is 42.0 Å². The highest BCUT2D eigenvalue weighted by molar-refractivity contribution is 7.91. The minimum absolute atomic E-state index is 0.144. The molecule has 4 rings (SSSR count). The fourth-order valence-corrected chi connectivity index (χ4v) is 7.07. The summed E-state index contributed by atoms with van der Waals surface area (Å²) in [7, 11) is -3.72. The first-order valence-electron chi connectivity index (χ1n) is 9.31. The van der Waals surface area contributed by atoms with Crippen molar-refractivity contribution in [3.63, 3.8) is 0 Å². The third-order valence-electron chi connectivity index (χ3n) is 4.79. The van der Waals surface area contributed by atoms with Crippen LogP contribution in [0.4, 0.5) is 5.13 Å². The lowest BCUT2D eigenvalue weighted by Gasteiger charge is -2.22. The van der Waals surface area contributed by atoms with E-state index in [0.717, 1.165) is 28.2 Å². The third-order valence-corrected chi connectivity index (χ3v) is 9.14. The summed E-state index contributed by atoms with van der Waals surface area (Å²) < 4.78 is 27.3. The van der Waals surface area contributed by atoms with Gasteiger partial charge in [0.15, 0.2) is 10.9 Å². The van der Waals surface area contributed by atoms with E-state index < -0.39 is 22.0 Å². The zero-order valence-corrected chi connectivity index (χ0v) is 18.5. The molecular formula is C20H19N3O4S3. The Morgan fingerprint density at radius 1 is 1.17 bits per heavy atom. The molecule has 1 N–H and O–H groups in total. The highest BCUT2D eigenvalue weighted by Gasteiger charge is 2.40. The van der Waals surface area contributed by atoms with Crippen LogP contribution in [0.1, 0.15) is 29.4 Å². The number of carbonyl (C=O) groups is 2. The molecule has 0 spiro atoms. The molecule has 0 aliphatic carbocycles. The molecule has 1 aliphatic rings. The van der Waals surface area contributed by atoms with Crippen LogP contribution in [-0.2, 0) is 14.8 Å². The van der Waals surface area contributed by atoms with Crippen LogP contribution in [0.3, 0.4) is 0 Å². The van der Waals surface area contributed by atoms with E-state index in [-0.39, 0.29) is 15.1 Å². The lowest BCUT2D eigenvalue weighted by molar-refractivity contribution is -0.119. The topological polar surface area (TPSA) is 96.4 Å². The number of aromatic nitrogens is 1. The smallest absolute Gasteiger partial charge is 0.253 e. The molecule has 1 aromatic carbocycles. The Morgan fingerprint density at radius 2 is 1.93 bits per heavy atom. The van der Waals surface area contributed by atoms with Gasteiger partial charge in [-0.25, -0.2) is 13.4 Å². The summed E-state index contributed by atoms with van der Waals surface area (Å²) in [6, 6.07) is 11.7. The van der Waals surface area contributed by atoms with E-state index in [9.17, 15) is 18.0 Å². The molecule has 0 unspecified atom stereocenters. The summed E-state index contributed by atoms with van der Waals surface area (Å²) in [5, 5.41) is 4.71. The molecule has 3 heterocycles. The second-order valence-corrected chi connectivity index (χ2v) is 10.9. The minimum Gasteiger partial charge on any atom is -0.301 e. The van der Waals surface area contributed by atoms with Crippen molar-refractivity contribution in [1.82, 2.24) is 9.29 Å². The van der Waals surface area contributed by atoms with Gasteiger partial charge in [-0.1, -0.05) is 47.7 Å². The van der Waals surface area contributed by atoms with Gasteiger partial charge in [0.25, 0.3) is 10.0 Å². The summed E-state index contributed by atoms with van der Waals surface area (Å²) in [6.45, 7) is 1.75. The molecule has 30 heavy (non-hydrogen) atoms. The van der Waals surface area contributed by atoms with Crippen molar-refractivity contribution in [2.45, 2.75) is 30.0 Å². The van der Waals surface area contributed by atoms with Gasteiger partial charge in [-0.05, 0) is 24.3 Å². The zero-order chi connectivity index (χ0) is 21.3. The van der Waals surface area contributed by atoms with E-state index in [1.54, 1.807) is 17.5 Å². The molecule has 0 saturated carbocycles. The summed E-state index contributed by atoms with van der Waals surface area (Å²) in [5.41, 5.74) is 1.29. The number of benzene rings is 1. The number of carbonyl (C=O) groups excluding carboxylic acids is 2. The van der Waals surface area contributed by atoms with Crippen LogP contribution in [0.2, 0.25) is 0 Å². The van der Waals surface area contributed by atoms with E-state index in [1.807, 2.05) is 30.3 Å². The van der Waals surface area contributed by atoms with Crippen LogP contribution < -0.4 is 5.32 Å². The fourth-order valence-electron chi connectivity index (χ4n) is 3.41. The van der Waals surface area contributed by atoms with Crippen molar-refractivity contribution in [2.24, 2.45) is 0 Å². The third kappa shape index (κ3) is 3.95. The van der Waals surface area contributed by atoms with E-state index >= 15 is 0 Å². The maximum absolute atomic E-state index is 12.9. The second kappa shape index (κ2) is 8.38. The Hall–Kier alpha value is -2.40. The fraction of sp³-hybridized carbons (Fsp3) is 0.250. The first kappa shape index (κ1) is 20.9. The monoisotopic (exact) mass is 461 g/mol. The molecule has 156 valence electrons. The lowest BCUT2D eigenvalue weighted by Crippen LogP contribution is -2.42. The van der Waals surface area contributed by atoms with Crippen molar-refractivity contribution in [1.29, 1.82) is 0 Å². The number of Topliss-reactive ketones (excluding diaryl/α,β-unsaturated/α-hetero) is 1. The Balaban J connectivity index is 1.59. The van der Waals surface area contributed by atoms with Gasteiger partial charge in [-0.3, -0.25) is 9.59 Å². The van der Waals surface area contributed by atoms with Gasteiger partial charge in [-0.15, -0.1) is 11.3 Å². The average molecular weight is 462 g/mol. The second-order valence-electron chi connectivity index (χ2n) is 6.81. The number of ketones is 1. The van der Waals surface area contributed by atoms with Gasteiger partial charge in [0.05, 0.1) is 10.6 Å². The number of amides is 1. The molecule has 0 bridgehead atoms. The average Bonchev–Trinajstić information content (AvgIpc) is 3.48. The van der Waals surface area contributed by atoms with Gasteiger partial charge in [0.2, 0.25) is 5.91 Å². The summed E-state index contributed by atoms with van der Waals surface area (Å²) in [4.78, 5) is 29.9. The van der Waals surface area contributed by atoms with Crippen LogP contribution in [0.25, 0.3) is 11.3 Å². The predicted octanol–water partition coefficient (Wildman–Crippen LogP) is 3.87. The van der Waals surface area contributed by atoms with Gasteiger partial charge < -0.3 is 5.32 Å². The normalized spacial score (nSPS) is 17.2. The number of thiophene rings is 1. The number of hydrogen-bond acceptors (Lipinski definition) is 7. The van der Waals surface area contributed by atoms with Crippen molar-refractivity contribution < 1.29 is 18.0 Å². The highest BCUT2D eigenvalue weighted by Crippen LogP contribution is 2.33. The zero-order valence-electron chi connectivity index (χ0n) is 16.1. The number of thiazole rings is 1. The highest BCUT2D eigenvalue weighted by atomic mass is 32.2. The van der Waals surface area contributed by atoms with E-state index in [2.05, 4.69) is 10.3 Å². The molecule has 3 aromatic rings. The van der Waals surface area contributed by atoms with Gasteiger partial charge >= 0.3 is 0 Å². The van der Waals surface area contributed by atoms with Crippen LogP contribution in [0.15, 0.2) is 52.1 Å². The molecule has 1 atom stereocenters. The predicted molar refractivity (Wildman–Crippen MR) is 117 cm³/mol. The SMILES string of the molecule is CC(=O)c1sc(NC(=O)[C@@H]2CCCN2S(=O)(=O)c2cccs2)nc1-c1ccccc1. The van der Waals surface area contributed by atoms with Crippen LogP contribution in [0, 0.1) is 0 Å². The van der Waals surface area contributed by atoms with Gasteiger partial charge in [0, 0.05) is 19.0 Å². The van der Waals surface area contributed by atoms with Crippen LogP contribution >= 0.6 is 22.7 Å². The molecule has 1 aliphatic heterocycles. The molecule has 10 heteroatoms. The van der Waals surface area contributed by atoms with Crippen molar-refractivity contribution >= 4 is 49.5 Å². The summed E-state index contributed by atoms with van der Waals surface area (Å²) in [6.07, 6.45) is 1.04. The Bertz CT molecular complexity index is 1170. The van der Waals surface area contributed by atoms with Crippen molar-refractivity contribution in [3.8, 4) is 11.3 Å². The maximum atomic E-state index is 12.9. The van der Waals surface area contributed by atoms with Crippen molar-refractivity contribution in [2.75, 3.05) is 11.9 Å². The summed E-state index contributed by atoms with van der Waals surface area (Å²) >= 11 is 2.23. The number of sulfonamides is 1. The molecule has 1 fully saturated rings. The maximum Gasteiger partial charge on any atom is 0.253 e. The van der Waals surface area contributed by atoms with Crippen molar-refractivity contribution in [3.05, 3.63) is 52.7 Å². The summed E-state index contributed by atoms with van der Waals surface area (Å²) in [5.74, 6) is -0.578. The minimum atomic E-state index is -3.72. The Kier molecular flexibility index (Phi) is 5.83. The van der Waals surface area contributed by atoms with Crippen LogP contribution in [0.5, 0.6) is 0 Å². The number of nitrogens with one attached hydrogen (secondary N) is 1. The largest absolute Gasteiger partial charge is 0.301 e. The number of rotatable bonds is 6. The molecular weight excluding hydrogens is 442 g/mol. The van der Waals surface area contributed by atoms with E-state index in [0.29, 0.717) is 30.0 Å². The van der Waals surface area contributed by atoms with E-state index in [1.165, 1.54) is 11.2 Å². The molecule has 1 saturated heterocycles. The molecule has 1 amide bonds. The Morgan fingerprint density at radius 3 is 2.60 bits per heavy atom. The lowest BCUT2D eigenvalue weighted by atomic mass is 10.1.